The molecule has 1 heterocycles. The first-order valence-electron chi connectivity index (χ1n) is 8.26. The molecule has 0 aliphatic rings. The third-order valence-corrected chi connectivity index (χ3v) is 3.89. The lowest BCUT2D eigenvalue weighted by Gasteiger charge is -2.13. The Morgan fingerprint density at radius 1 is 1.12 bits per heavy atom. The van der Waals surface area contributed by atoms with Crippen LogP contribution in [0.4, 0.5) is 5.82 Å². The van der Waals surface area contributed by atoms with E-state index in [1.54, 1.807) is 24.1 Å². The van der Waals surface area contributed by atoms with Gasteiger partial charge in [-0.15, -0.1) is 0 Å². The second kappa shape index (κ2) is 7.74. The van der Waals surface area contributed by atoms with E-state index in [9.17, 15) is 4.79 Å². The maximum Gasteiger partial charge on any atom is 0.263 e. The van der Waals surface area contributed by atoms with Crippen molar-refractivity contribution in [2.24, 2.45) is 0 Å². The van der Waals surface area contributed by atoms with E-state index in [-0.39, 0.29) is 12.5 Å². The number of aryl methyl sites for hydroxylation is 2. The summed E-state index contributed by atoms with van der Waals surface area (Å²) in [6, 6.07) is 15.2. The number of rotatable bonds is 6. The van der Waals surface area contributed by atoms with Crippen LogP contribution in [0.2, 0.25) is 0 Å². The summed E-state index contributed by atoms with van der Waals surface area (Å²) in [5.74, 6) is 1.49. The highest BCUT2D eigenvalue weighted by Gasteiger charge is 2.14. The first-order valence-corrected chi connectivity index (χ1v) is 8.26. The normalized spacial score (nSPS) is 10.4. The Labute approximate surface area is 152 Å². The van der Waals surface area contributed by atoms with Crippen molar-refractivity contribution >= 4 is 11.7 Å². The Balaban J connectivity index is 1.71. The molecule has 0 fully saturated rings. The molecular formula is C20H21N3O3. The number of hydrogen-bond acceptors (Lipinski definition) is 4. The number of benzene rings is 2. The van der Waals surface area contributed by atoms with E-state index in [1.165, 1.54) is 0 Å². The Bertz CT molecular complexity index is 904. The quantitative estimate of drug-likeness (QED) is 0.738. The zero-order chi connectivity index (χ0) is 18.5. The van der Waals surface area contributed by atoms with Crippen molar-refractivity contribution in [3.8, 4) is 17.2 Å². The number of nitrogens with one attached hydrogen (secondary N) is 1. The highest BCUT2D eigenvalue weighted by Crippen LogP contribution is 2.27. The van der Waals surface area contributed by atoms with Crippen LogP contribution < -0.4 is 14.8 Å². The van der Waals surface area contributed by atoms with Gasteiger partial charge in [-0.1, -0.05) is 24.3 Å². The van der Waals surface area contributed by atoms with Gasteiger partial charge in [0.2, 0.25) is 0 Å². The molecule has 0 aliphatic heterocycles. The smallest absolute Gasteiger partial charge is 0.263 e. The third-order valence-electron chi connectivity index (χ3n) is 3.89. The topological polar surface area (TPSA) is 65.4 Å². The van der Waals surface area contributed by atoms with Crippen molar-refractivity contribution in [2.45, 2.75) is 13.8 Å². The predicted octanol–water partition coefficient (Wildman–Crippen LogP) is 3.52. The standard InChI is InChI=1S/C20H21N3O3/c1-14-9-10-17(18(11-14)25-3)26-13-19(24)22-20-15(2)12-21-23(20)16-7-5-4-6-8-16/h4-12H,13H2,1-3H3,(H,22,24). The zero-order valence-corrected chi connectivity index (χ0v) is 15.0. The molecule has 0 atom stereocenters. The van der Waals surface area contributed by atoms with Gasteiger partial charge in [0, 0.05) is 5.56 Å². The number of para-hydroxylation sites is 1. The molecule has 26 heavy (non-hydrogen) atoms. The summed E-state index contributed by atoms with van der Waals surface area (Å²) in [4.78, 5) is 12.4. The fourth-order valence-corrected chi connectivity index (χ4v) is 2.55. The molecule has 0 spiro atoms. The minimum Gasteiger partial charge on any atom is -0.493 e. The number of carbonyl (C=O) groups excluding carboxylic acids is 1. The minimum atomic E-state index is -0.270. The third kappa shape index (κ3) is 3.85. The minimum absolute atomic E-state index is 0.126. The Kier molecular flexibility index (Phi) is 5.22. The second-order valence-corrected chi connectivity index (χ2v) is 5.91. The van der Waals surface area contributed by atoms with Crippen molar-refractivity contribution in [1.29, 1.82) is 0 Å². The number of hydrogen-bond donors (Lipinski definition) is 1. The first kappa shape index (κ1) is 17.5. The van der Waals surface area contributed by atoms with Crippen molar-refractivity contribution in [3.63, 3.8) is 0 Å². The van der Waals surface area contributed by atoms with Crippen LogP contribution in [-0.4, -0.2) is 29.4 Å². The van der Waals surface area contributed by atoms with Crippen LogP contribution in [0.5, 0.6) is 11.5 Å². The maximum atomic E-state index is 12.4. The van der Waals surface area contributed by atoms with Crippen molar-refractivity contribution in [1.82, 2.24) is 9.78 Å². The second-order valence-electron chi connectivity index (χ2n) is 5.91. The molecule has 3 aromatic rings. The molecule has 0 bridgehead atoms. The summed E-state index contributed by atoms with van der Waals surface area (Å²) in [5.41, 5.74) is 2.80. The van der Waals surface area contributed by atoms with Crippen molar-refractivity contribution in [2.75, 3.05) is 19.0 Å². The molecule has 0 radical (unpaired) electrons. The molecule has 1 amide bonds. The van der Waals surface area contributed by atoms with Crippen LogP contribution in [0.15, 0.2) is 54.7 Å². The lowest BCUT2D eigenvalue weighted by Crippen LogP contribution is -2.22. The Hall–Kier alpha value is -3.28. The predicted molar refractivity (Wildman–Crippen MR) is 100 cm³/mol. The fourth-order valence-electron chi connectivity index (χ4n) is 2.55. The zero-order valence-electron chi connectivity index (χ0n) is 15.0. The van der Waals surface area contributed by atoms with Gasteiger partial charge in [0.25, 0.3) is 5.91 Å². The number of anilines is 1. The molecule has 1 aromatic heterocycles. The Morgan fingerprint density at radius 2 is 1.88 bits per heavy atom. The molecule has 0 aliphatic carbocycles. The fraction of sp³-hybridized carbons (Fsp3) is 0.200. The summed E-state index contributed by atoms with van der Waals surface area (Å²) in [5, 5.41) is 7.21. The van der Waals surface area contributed by atoms with E-state index in [2.05, 4.69) is 10.4 Å². The summed E-state index contributed by atoms with van der Waals surface area (Å²) in [6.45, 7) is 3.73. The van der Waals surface area contributed by atoms with Crippen LogP contribution in [-0.2, 0) is 4.79 Å². The first-order chi connectivity index (χ1) is 12.6. The molecule has 0 unspecified atom stereocenters. The average molecular weight is 351 g/mol. The van der Waals surface area contributed by atoms with E-state index in [0.29, 0.717) is 17.3 Å². The summed E-state index contributed by atoms with van der Waals surface area (Å²) >= 11 is 0. The van der Waals surface area contributed by atoms with Gasteiger partial charge in [0.15, 0.2) is 18.1 Å². The van der Waals surface area contributed by atoms with E-state index in [4.69, 9.17) is 9.47 Å². The van der Waals surface area contributed by atoms with Gasteiger partial charge in [0.05, 0.1) is 19.0 Å². The lowest BCUT2D eigenvalue weighted by atomic mass is 10.2. The summed E-state index contributed by atoms with van der Waals surface area (Å²) in [7, 11) is 1.57. The molecule has 134 valence electrons. The SMILES string of the molecule is COc1cc(C)ccc1OCC(=O)Nc1c(C)cnn1-c1ccccc1. The van der Waals surface area contributed by atoms with Crippen molar-refractivity contribution in [3.05, 3.63) is 65.9 Å². The van der Waals surface area contributed by atoms with E-state index >= 15 is 0 Å². The number of carbonyl (C=O) groups is 1. The number of methoxy groups -OCH3 is 1. The molecule has 2 aromatic carbocycles. The number of amides is 1. The molecule has 3 rings (SSSR count). The lowest BCUT2D eigenvalue weighted by molar-refractivity contribution is -0.118. The van der Waals surface area contributed by atoms with E-state index in [0.717, 1.165) is 16.8 Å². The molecule has 6 heteroatoms. The number of ether oxygens (including phenoxy) is 2. The van der Waals surface area contributed by atoms with Gasteiger partial charge in [-0.3, -0.25) is 4.79 Å². The molecule has 6 nitrogen and oxygen atoms in total. The summed E-state index contributed by atoms with van der Waals surface area (Å²) < 4.78 is 12.6. The molecule has 0 saturated carbocycles. The maximum absolute atomic E-state index is 12.4. The average Bonchev–Trinajstić information content (AvgIpc) is 3.01. The summed E-state index contributed by atoms with van der Waals surface area (Å²) in [6.07, 6.45) is 1.71. The van der Waals surface area contributed by atoms with Crippen LogP contribution in [0.1, 0.15) is 11.1 Å². The Morgan fingerprint density at radius 3 is 2.62 bits per heavy atom. The van der Waals surface area contributed by atoms with E-state index in [1.807, 2.05) is 56.3 Å². The van der Waals surface area contributed by atoms with Gasteiger partial charge in [-0.05, 0) is 43.7 Å². The monoisotopic (exact) mass is 351 g/mol. The number of nitrogens with zero attached hydrogens (tertiary/aromatic N) is 2. The van der Waals surface area contributed by atoms with Gasteiger partial charge in [0.1, 0.15) is 5.82 Å². The molecular weight excluding hydrogens is 330 g/mol. The van der Waals surface area contributed by atoms with Crippen LogP contribution >= 0.6 is 0 Å². The van der Waals surface area contributed by atoms with Gasteiger partial charge >= 0.3 is 0 Å². The van der Waals surface area contributed by atoms with Crippen LogP contribution in [0.3, 0.4) is 0 Å². The molecule has 1 N–H and O–H groups in total. The van der Waals surface area contributed by atoms with Crippen LogP contribution in [0, 0.1) is 13.8 Å². The number of aromatic nitrogens is 2. The van der Waals surface area contributed by atoms with Gasteiger partial charge < -0.3 is 14.8 Å². The van der Waals surface area contributed by atoms with Crippen molar-refractivity contribution < 1.29 is 14.3 Å². The van der Waals surface area contributed by atoms with E-state index < -0.39 is 0 Å². The highest BCUT2D eigenvalue weighted by atomic mass is 16.5. The van der Waals surface area contributed by atoms with Gasteiger partial charge in [-0.2, -0.15) is 5.10 Å². The highest BCUT2D eigenvalue weighted by molar-refractivity contribution is 5.92. The molecule has 0 saturated heterocycles. The largest absolute Gasteiger partial charge is 0.493 e. The van der Waals surface area contributed by atoms with Gasteiger partial charge in [-0.25, -0.2) is 4.68 Å². The van der Waals surface area contributed by atoms with Crippen LogP contribution in [0.25, 0.3) is 5.69 Å².